The number of nitrogens with zero attached hydrogens (tertiary/aromatic N) is 1. The van der Waals surface area contributed by atoms with Gasteiger partial charge in [-0.2, -0.15) is 5.10 Å². The summed E-state index contributed by atoms with van der Waals surface area (Å²) in [6, 6.07) is 7.78. The molecule has 3 rings (SSSR count). The maximum absolute atomic E-state index is 5.68. The summed E-state index contributed by atoms with van der Waals surface area (Å²) < 4.78 is 22.0. The molecule has 0 unspecified atom stereocenters. The number of aromatic nitrogens is 2. The van der Waals surface area contributed by atoms with Crippen molar-refractivity contribution in [1.82, 2.24) is 15.5 Å². The minimum atomic E-state index is 0.614. The van der Waals surface area contributed by atoms with E-state index in [1.165, 1.54) is 0 Å². The van der Waals surface area contributed by atoms with Gasteiger partial charge in [0.2, 0.25) is 5.75 Å². The predicted octanol–water partition coefficient (Wildman–Crippen LogP) is 3.34. The Morgan fingerprint density at radius 2 is 1.81 bits per heavy atom. The summed E-state index contributed by atoms with van der Waals surface area (Å²) in [6.07, 6.45) is 2.60. The van der Waals surface area contributed by atoms with E-state index in [9.17, 15) is 0 Å². The van der Waals surface area contributed by atoms with Crippen LogP contribution < -0.4 is 19.5 Å². The van der Waals surface area contributed by atoms with Gasteiger partial charge in [-0.25, -0.2) is 0 Å². The molecule has 7 heteroatoms. The lowest BCUT2D eigenvalue weighted by Gasteiger charge is -2.15. The normalized spacial score (nSPS) is 10.8. The Hall–Kier alpha value is -2.93. The number of H-pyrrole nitrogens is 1. The zero-order valence-electron chi connectivity index (χ0n) is 16.1. The van der Waals surface area contributed by atoms with Crippen molar-refractivity contribution in [3.8, 4) is 28.7 Å². The van der Waals surface area contributed by atoms with Crippen molar-refractivity contribution in [3.05, 3.63) is 47.3 Å². The fraction of sp³-hybridized carbons (Fsp3) is 0.350. The monoisotopic (exact) mass is 371 g/mol. The van der Waals surface area contributed by atoms with Crippen molar-refractivity contribution in [3.63, 3.8) is 0 Å². The first-order valence-electron chi connectivity index (χ1n) is 8.75. The Balaban J connectivity index is 1.62. The Kier molecular flexibility index (Phi) is 6.03. The highest BCUT2D eigenvalue weighted by Gasteiger charge is 2.16. The van der Waals surface area contributed by atoms with Crippen molar-refractivity contribution in [2.24, 2.45) is 0 Å². The summed E-state index contributed by atoms with van der Waals surface area (Å²) in [5, 5.41) is 10.6. The van der Waals surface area contributed by atoms with Crippen LogP contribution >= 0.6 is 0 Å². The van der Waals surface area contributed by atoms with Crippen molar-refractivity contribution >= 4 is 0 Å². The van der Waals surface area contributed by atoms with Crippen LogP contribution in [-0.4, -0.2) is 38.1 Å². The van der Waals surface area contributed by atoms with Crippen LogP contribution in [0.5, 0.6) is 17.2 Å². The van der Waals surface area contributed by atoms with Gasteiger partial charge in [0.25, 0.3) is 0 Å². The predicted molar refractivity (Wildman–Crippen MR) is 103 cm³/mol. The number of furan rings is 1. The maximum Gasteiger partial charge on any atom is 0.203 e. The Morgan fingerprint density at radius 3 is 2.48 bits per heavy atom. The van der Waals surface area contributed by atoms with Gasteiger partial charge in [-0.15, -0.1) is 0 Å². The van der Waals surface area contributed by atoms with Crippen LogP contribution in [-0.2, 0) is 13.0 Å². The second-order valence-corrected chi connectivity index (χ2v) is 6.10. The Bertz CT molecular complexity index is 885. The van der Waals surface area contributed by atoms with Gasteiger partial charge in [0.05, 0.1) is 27.5 Å². The van der Waals surface area contributed by atoms with E-state index in [1.807, 2.05) is 37.4 Å². The number of hydrogen-bond donors (Lipinski definition) is 2. The maximum atomic E-state index is 5.68. The number of aromatic amines is 1. The Labute approximate surface area is 158 Å². The number of aryl methyl sites for hydroxylation is 1. The van der Waals surface area contributed by atoms with Gasteiger partial charge in [-0.05, 0) is 43.7 Å². The third kappa shape index (κ3) is 4.09. The number of ether oxygens (including phenoxy) is 3. The summed E-state index contributed by atoms with van der Waals surface area (Å²) in [7, 11) is 4.86. The van der Waals surface area contributed by atoms with Gasteiger partial charge in [-0.3, -0.25) is 5.10 Å². The number of methoxy groups -OCH3 is 3. The summed E-state index contributed by atoms with van der Waals surface area (Å²) in [4.78, 5) is 0. The van der Waals surface area contributed by atoms with E-state index < -0.39 is 0 Å². The van der Waals surface area contributed by atoms with Gasteiger partial charge in [-0.1, -0.05) is 6.07 Å². The molecule has 0 saturated carbocycles. The first-order chi connectivity index (χ1) is 13.2. The lowest BCUT2D eigenvalue weighted by Crippen LogP contribution is -2.17. The van der Waals surface area contributed by atoms with Crippen LogP contribution in [0.15, 0.2) is 34.9 Å². The molecule has 0 fully saturated rings. The molecule has 0 atom stereocenters. The minimum absolute atomic E-state index is 0.614. The van der Waals surface area contributed by atoms with Crippen molar-refractivity contribution in [2.75, 3.05) is 27.9 Å². The van der Waals surface area contributed by atoms with Crippen molar-refractivity contribution in [1.29, 1.82) is 0 Å². The van der Waals surface area contributed by atoms with E-state index in [1.54, 1.807) is 21.3 Å². The van der Waals surface area contributed by atoms with Gasteiger partial charge in [0, 0.05) is 12.1 Å². The van der Waals surface area contributed by atoms with E-state index >= 15 is 0 Å². The van der Waals surface area contributed by atoms with E-state index in [4.69, 9.17) is 18.6 Å². The van der Waals surface area contributed by atoms with E-state index in [2.05, 4.69) is 15.5 Å². The van der Waals surface area contributed by atoms with Crippen LogP contribution in [0.25, 0.3) is 11.5 Å². The molecule has 0 bridgehead atoms. The van der Waals surface area contributed by atoms with Crippen LogP contribution in [0.1, 0.15) is 16.9 Å². The molecule has 0 aliphatic carbocycles. The van der Waals surface area contributed by atoms with Crippen LogP contribution in [0.4, 0.5) is 0 Å². The standard InChI is InChI=1S/C20H25N3O4/c1-13-5-7-16(27-13)18-15(12-22-23-18)11-21-10-9-14-6-8-17(24-2)20(26-4)19(14)25-3/h5-8,12,21H,9-11H2,1-4H3,(H,22,23). The fourth-order valence-electron chi connectivity index (χ4n) is 3.03. The average Bonchev–Trinajstić information content (AvgIpc) is 3.32. The molecule has 0 spiro atoms. The van der Waals surface area contributed by atoms with Gasteiger partial charge in [0.15, 0.2) is 17.3 Å². The number of nitrogens with one attached hydrogen (secondary N) is 2. The summed E-state index contributed by atoms with van der Waals surface area (Å²) in [5.74, 6) is 3.64. The molecule has 2 heterocycles. The van der Waals surface area contributed by atoms with Gasteiger partial charge < -0.3 is 23.9 Å². The molecule has 2 N–H and O–H groups in total. The number of hydrogen-bond acceptors (Lipinski definition) is 6. The summed E-state index contributed by atoms with van der Waals surface area (Å²) in [6.45, 7) is 3.38. The minimum Gasteiger partial charge on any atom is -0.493 e. The molecule has 2 aromatic heterocycles. The third-order valence-corrected chi connectivity index (χ3v) is 4.38. The zero-order valence-corrected chi connectivity index (χ0v) is 16.1. The fourth-order valence-corrected chi connectivity index (χ4v) is 3.03. The topological polar surface area (TPSA) is 81.5 Å². The average molecular weight is 371 g/mol. The molecule has 27 heavy (non-hydrogen) atoms. The lowest BCUT2D eigenvalue weighted by atomic mass is 10.1. The van der Waals surface area contributed by atoms with E-state index in [-0.39, 0.29) is 0 Å². The second kappa shape index (κ2) is 8.64. The molecule has 3 aromatic rings. The molecule has 0 aliphatic rings. The van der Waals surface area contributed by atoms with E-state index in [0.29, 0.717) is 23.8 Å². The molecule has 0 radical (unpaired) electrons. The van der Waals surface area contributed by atoms with Crippen molar-refractivity contribution in [2.45, 2.75) is 19.9 Å². The van der Waals surface area contributed by atoms with Crippen LogP contribution in [0, 0.1) is 6.92 Å². The highest BCUT2D eigenvalue weighted by molar-refractivity contribution is 5.57. The largest absolute Gasteiger partial charge is 0.493 e. The number of benzene rings is 1. The lowest BCUT2D eigenvalue weighted by molar-refractivity contribution is 0.322. The highest BCUT2D eigenvalue weighted by atomic mass is 16.5. The molecule has 7 nitrogen and oxygen atoms in total. The molecule has 0 saturated heterocycles. The van der Waals surface area contributed by atoms with Crippen LogP contribution in [0.2, 0.25) is 0 Å². The summed E-state index contributed by atoms with van der Waals surface area (Å²) >= 11 is 0. The van der Waals surface area contributed by atoms with Gasteiger partial charge >= 0.3 is 0 Å². The Morgan fingerprint density at radius 1 is 1.00 bits per heavy atom. The SMILES string of the molecule is COc1ccc(CCNCc2cn[nH]c2-c2ccc(C)o2)c(OC)c1OC. The van der Waals surface area contributed by atoms with Crippen molar-refractivity contribution < 1.29 is 18.6 Å². The van der Waals surface area contributed by atoms with Crippen LogP contribution in [0.3, 0.4) is 0 Å². The number of rotatable bonds is 9. The second-order valence-electron chi connectivity index (χ2n) is 6.10. The molecule has 0 amide bonds. The summed E-state index contributed by atoms with van der Waals surface area (Å²) in [5.41, 5.74) is 3.01. The smallest absolute Gasteiger partial charge is 0.203 e. The van der Waals surface area contributed by atoms with E-state index in [0.717, 1.165) is 41.3 Å². The first-order valence-corrected chi connectivity index (χ1v) is 8.75. The molecule has 0 aliphatic heterocycles. The first kappa shape index (κ1) is 18.8. The zero-order chi connectivity index (χ0) is 19.2. The molecular weight excluding hydrogens is 346 g/mol. The quantitative estimate of drug-likeness (QED) is 0.562. The third-order valence-electron chi connectivity index (χ3n) is 4.38. The molecule has 1 aromatic carbocycles. The highest BCUT2D eigenvalue weighted by Crippen LogP contribution is 2.39. The molecular formula is C20H25N3O4. The molecule has 144 valence electrons. The van der Waals surface area contributed by atoms with Gasteiger partial charge in [0.1, 0.15) is 11.5 Å².